The third-order valence-electron chi connectivity index (χ3n) is 7.03. The lowest BCUT2D eigenvalue weighted by molar-refractivity contribution is -0.103. The molecule has 4 nitrogen and oxygen atoms in total. The fourth-order valence-electron chi connectivity index (χ4n) is 4.94. The molecule has 0 saturated heterocycles. The van der Waals surface area contributed by atoms with Gasteiger partial charge in [-0.15, -0.1) is 9.24 Å². The largest absolute Gasteiger partial charge is 0.437 e. The lowest BCUT2D eigenvalue weighted by Gasteiger charge is -2.61. The summed E-state index contributed by atoms with van der Waals surface area (Å²) >= 11 is 0. The van der Waals surface area contributed by atoms with Crippen LogP contribution in [0.5, 0.6) is 0 Å². The number of nitrogens with one attached hydrogen (secondary N) is 2. The molecule has 3 aliphatic rings. The third-order valence-corrected chi connectivity index (χ3v) is 7.92. The molecule has 7 unspecified atom stereocenters. The van der Waals surface area contributed by atoms with E-state index in [0.29, 0.717) is 35.7 Å². The van der Waals surface area contributed by atoms with Gasteiger partial charge in [0, 0.05) is 23.9 Å². The highest BCUT2D eigenvalue weighted by Gasteiger charge is 2.56. The number of rotatable bonds is 9. The molecule has 0 aromatic heterocycles. The van der Waals surface area contributed by atoms with Crippen molar-refractivity contribution < 1.29 is 4.65 Å². The van der Waals surface area contributed by atoms with Gasteiger partial charge in [-0.05, 0) is 54.4 Å². The van der Waals surface area contributed by atoms with E-state index in [0.717, 1.165) is 24.1 Å². The molecule has 145 valence electrons. The van der Waals surface area contributed by atoms with E-state index in [-0.39, 0.29) is 17.8 Å². The van der Waals surface area contributed by atoms with Crippen LogP contribution >= 0.6 is 9.24 Å². The van der Waals surface area contributed by atoms with Gasteiger partial charge in [-0.3, -0.25) is 0 Å². The van der Waals surface area contributed by atoms with Crippen LogP contribution in [0.25, 0.3) is 0 Å². The second-order valence-corrected chi connectivity index (χ2v) is 9.55. The second-order valence-electron chi connectivity index (χ2n) is 8.78. The van der Waals surface area contributed by atoms with Gasteiger partial charge >= 0.3 is 0 Å². The molecule has 6 heteroatoms. The van der Waals surface area contributed by atoms with E-state index in [1.54, 1.807) is 0 Å². The molecule has 1 aromatic carbocycles. The number of fused-ring (bicyclic) bond motifs is 2. The van der Waals surface area contributed by atoms with Gasteiger partial charge in [0.1, 0.15) is 0 Å². The Kier molecular flexibility index (Phi) is 6.56. The standard InChI is InChI=1S/C21H32BN3OP/c1-21(2)14-9-16(21)20(27)19(10-14)26-22-17(11-23)15(18(25)12-24)8-13-6-4-3-5-7-13/h3-7,12,14-17,19-20,24-25H,8-11,23,27H2,1-2H3. The molecule has 27 heavy (non-hydrogen) atoms. The zero-order valence-corrected chi connectivity index (χ0v) is 17.6. The Morgan fingerprint density at radius 2 is 2.07 bits per heavy atom. The molecule has 0 amide bonds. The highest BCUT2D eigenvalue weighted by Crippen LogP contribution is 2.61. The van der Waals surface area contributed by atoms with Crippen molar-refractivity contribution in [2.75, 3.05) is 6.54 Å². The van der Waals surface area contributed by atoms with Crippen LogP contribution in [0.1, 0.15) is 32.3 Å². The normalized spacial score (nSPS) is 30.7. The summed E-state index contributed by atoms with van der Waals surface area (Å²) in [4.78, 5) is 0. The molecule has 1 aromatic rings. The Bertz CT molecular complexity index is 669. The molecule has 2 bridgehead atoms. The highest BCUT2D eigenvalue weighted by molar-refractivity contribution is 7.17. The van der Waals surface area contributed by atoms with E-state index in [4.69, 9.17) is 21.2 Å². The van der Waals surface area contributed by atoms with Crippen molar-refractivity contribution in [2.24, 2.45) is 28.9 Å². The van der Waals surface area contributed by atoms with Crippen molar-refractivity contribution in [3.63, 3.8) is 0 Å². The first-order chi connectivity index (χ1) is 12.9. The molecule has 3 saturated carbocycles. The summed E-state index contributed by atoms with van der Waals surface area (Å²) in [5, 5.41) is 15.8. The van der Waals surface area contributed by atoms with E-state index in [1.165, 1.54) is 6.42 Å². The van der Waals surface area contributed by atoms with Crippen molar-refractivity contribution in [3.8, 4) is 0 Å². The molecule has 7 atom stereocenters. The quantitative estimate of drug-likeness (QED) is 0.346. The lowest BCUT2D eigenvalue weighted by atomic mass is 9.48. The molecule has 0 heterocycles. The average molecular weight is 384 g/mol. The monoisotopic (exact) mass is 384 g/mol. The minimum absolute atomic E-state index is 0.0669. The van der Waals surface area contributed by atoms with Crippen molar-refractivity contribution >= 4 is 28.6 Å². The summed E-state index contributed by atoms with van der Waals surface area (Å²) in [6.45, 7) is 5.18. The molecule has 3 fully saturated rings. The zero-order valence-electron chi connectivity index (χ0n) is 16.4. The number of benzene rings is 1. The Morgan fingerprint density at radius 3 is 2.63 bits per heavy atom. The molecular weight excluding hydrogens is 352 g/mol. The average Bonchev–Trinajstić information content (AvgIpc) is 2.68. The summed E-state index contributed by atoms with van der Waals surface area (Å²) in [6.07, 6.45) is 4.46. The smallest absolute Gasteiger partial charge is 0.298 e. The van der Waals surface area contributed by atoms with Crippen LogP contribution in [0.2, 0.25) is 5.82 Å². The molecule has 0 spiro atoms. The zero-order chi connectivity index (χ0) is 19.6. The van der Waals surface area contributed by atoms with E-state index in [9.17, 15) is 0 Å². The minimum atomic E-state index is -0.132. The molecule has 0 aliphatic heterocycles. The van der Waals surface area contributed by atoms with Crippen LogP contribution in [-0.2, 0) is 11.1 Å². The highest BCUT2D eigenvalue weighted by atomic mass is 31.0. The first-order valence-corrected chi connectivity index (χ1v) is 10.6. The van der Waals surface area contributed by atoms with Gasteiger partial charge in [-0.2, -0.15) is 0 Å². The number of hydrogen-bond donors (Lipinski definition) is 3. The second kappa shape index (κ2) is 8.55. The first-order valence-electron chi connectivity index (χ1n) is 9.95. The molecule has 1 radical (unpaired) electrons. The summed E-state index contributed by atoms with van der Waals surface area (Å²) in [5.41, 5.74) is 8.42. The van der Waals surface area contributed by atoms with Crippen LogP contribution in [0.3, 0.4) is 0 Å². The summed E-state index contributed by atoms with van der Waals surface area (Å²) in [7, 11) is 4.89. The number of nitrogens with two attached hydrogens (primary N) is 1. The van der Waals surface area contributed by atoms with Crippen molar-refractivity contribution in [1.82, 2.24) is 0 Å². The van der Waals surface area contributed by atoms with Crippen LogP contribution < -0.4 is 5.73 Å². The third kappa shape index (κ3) is 4.21. The van der Waals surface area contributed by atoms with Crippen LogP contribution in [0.4, 0.5) is 0 Å². The van der Waals surface area contributed by atoms with Gasteiger partial charge in [0.2, 0.25) is 0 Å². The Morgan fingerprint density at radius 1 is 1.37 bits per heavy atom. The maximum absolute atomic E-state index is 8.25. The first kappa shape index (κ1) is 20.7. The fraction of sp³-hybridized carbons (Fsp3) is 0.619. The SMILES string of the molecule is CC1(C)C2CC(O[B]C(CN)C(Cc3ccccc3)C(=N)C=N)C(P)C1C2. The molecule has 4 rings (SSSR count). The van der Waals surface area contributed by atoms with Crippen LogP contribution in [0, 0.1) is 34.0 Å². The van der Waals surface area contributed by atoms with E-state index in [1.807, 2.05) is 25.7 Å². The van der Waals surface area contributed by atoms with Gasteiger partial charge in [0.05, 0.1) is 5.71 Å². The maximum atomic E-state index is 8.25. The van der Waals surface area contributed by atoms with Gasteiger partial charge in [0.25, 0.3) is 7.48 Å². The van der Waals surface area contributed by atoms with Crippen molar-refractivity contribution in [1.29, 1.82) is 10.8 Å². The Labute approximate surface area is 166 Å². The van der Waals surface area contributed by atoms with Crippen molar-refractivity contribution in [2.45, 2.75) is 50.7 Å². The van der Waals surface area contributed by atoms with Crippen LogP contribution in [-0.4, -0.2) is 37.7 Å². The van der Waals surface area contributed by atoms with Gasteiger partial charge in [-0.25, -0.2) is 0 Å². The van der Waals surface area contributed by atoms with Gasteiger partial charge in [0.15, 0.2) is 0 Å². The van der Waals surface area contributed by atoms with Gasteiger partial charge < -0.3 is 21.2 Å². The fourth-order valence-corrected chi connectivity index (χ4v) is 5.84. The van der Waals surface area contributed by atoms with E-state index in [2.05, 4.69) is 35.2 Å². The summed E-state index contributed by atoms with van der Waals surface area (Å²) in [5.74, 6) is 1.25. The van der Waals surface area contributed by atoms with E-state index < -0.39 is 0 Å². The molecule has 3 aliphatic carbocycles. The molecular formula is C21H32BN3OP. The van der Waals surface area contributed by atoms with E-state index >= 15 is 0 Å². The summed E-state index contributed by atoms with van der Waals surface area (Å²) in [6, 6.07) is 10.1. The Balaban J connectivity index is 1.63. The summed E-state index contributed by atoms with van der Waals surface area (Å²) < 4.78 is 6.26. The maximum Gasteiger partial charge on any atom is 0.298 e. The van der Waals surface area contributed by atoms with Gasteiger partial charge in [-0.1, -0.05) is 44.2 Å². The van der Waals surface area contributed by atoms with Crippen LogP contribution in [0.15, 0.2) is 30.3 Å². The van der Waals surface area contributed by atoms with Crippen molar-refractivity contribution in [3.05, 3.63) is 35.9 Å². The Hall–Kier alpha value is -1.03. The predicted molar refractivity (Wildman–Crippen MR) is 117 cm³/mol. The lowest BCUT2D eigenvalue weighted by Crippen LogP contribution is -2.59. The predicted octanol–water partition coefficient (Wildman–Crippen LogP) is 3.58. The number of hydrogen-bond acceptors (Lipinski definition) is 4. The molecule has 4 N–H and O–H groups in total. The topological polar surface area (TPSA) is 83.0 Å². The minimum Gasteiger partial charge on any atom is -0.437 e.